The fourth-order valence-corrected chi connectivity index (χ4v) is 2.66. The number of methoxy groups -OCH3 is 1. The minimum Gasteiger partial charge on any atom is -0.497 e. The van der Waals surface area contributed by atoms with E-state index in [0.29, 0.717) is 11.9 Å². The number of halogens is 4. The second kappa shape index (κ2) is 5.63. The van der Waals surface area contributed by atoms with Gasteiger partial charge in [-0.15, -0.1) is 0 Å². The van der Waals surface area contributed by atoms with Gasteiger partial charge in [-0.05, 0) is 24.1 Å². The molecular formula is C13H13BrF3NO2. The number of amides is 1. The Bertz CT molecular complexity index is 519. The largest absolute Gasteiger partial charge is 0.497 e. The molecule has 2 rings (SSSR count). The van der Waals surface area contributed by atoms with Crippen molar-refractivity contribution in [3.63, 3.8) is 0 Å². The van der Waals surface area contributed by atoms with Gasteiger partial charge >= 0.3 is 6.18 Å². The van der Waals surface area contributed by atoms with E-state index in [1.165, 1.54) is 24.1 Å². The third kappa shape index (κ3) is 2.92. The van der Waals surface area contributed by atoms with Gasteiger partial charge in [-0.1, -0.05) is 15.9 Å². The molecule has 0 aliphatic carbocycles. The average molecular weight is 352 g/mol. The normalized spacial score (nSPS) is 19.6. The molecule has 0 bridgehead atoms. The summed E-state index contributed by atoms with van der Waals surface area (Å²) in [6.07, 6.45) is -4.27. The van der Waals surface area contributed by atoms with Crippen molar-refractivity contribution in [2.24, 2.45) is 5.92 Å². The van der Waals surface area contributed by atoms with Crippen LogP contribution in [0.15, 0.2) is 18.2 Å². The molecule has 0 radical (unpaired) electrons. The van der Waals surface area contributed by atoms with Crippen molar-refractivity contribution in [3.05, 3.63) is 23.8 Å². The van der Waals surface area contributed by atoms with E-state index >= 15 is 0 Å². The van der Waals surface area contributed by atoms with Crippen LogP contribution in [-0.2, 0) is 11.0 Å². The summed E-state index contributed by atoms with van der Waals surface area (Å²) in [5.41, 5.74) is -0.952. The molecule has 3 nitrogen and oxygen atoms in total. The number of benzene rings is 1. The topological polar surface area (TPSA) is 29.5 Å². The zero-order valence-corrected chi connectivity index (χ0v) is 12.3. The molecule has 1 aromatic rings. The molecular weight excluding hydrogens is 339 g/mol. The smallest absolute Gasteiger partial charge is 0.418 e. The maximum Gasteiger partial charge on any atom is 0.418 e. The third-order valence-corrected chi connectivity index (χ3v) is 4.14. The van der Waals surface area contributed by atoms with E-state index in [1.54, 1.807) is 0 Å². The summed E-state index contributed by atoms with van der Waals surface area (Å²) in [5.74, 6) is -0.138. The molecule has 1 heterocycles. The van der Waals surface area contributed by atoms with Crippen molar-refractivity contribution in [1.29, 1.82) is 0 Å². The van der Waals surface area contributed by atoms with Crippen LogP contribution in [0.1, 0.15) is 12.0 Å². The maximum absolute atomic E-state index is 13.1. The fraction of sp³-hybridized carbons (Fsp3) is 0.462. The molecule has 0 saturated carbocycles. The molecule has 1 unspecified atom stereocenters. The summed E-state index contributed by atoms with van der Waals surface area (Å²) in [6.45, 7) is 0.291. The van der Waals surface area contributed by atoms with E-state index in [1.807, 2.05) is 0 Å². The van der Waals surface area contributed by atoms with Gasteiger partial charge in [0.15, 0.2) is 0 Å². The Labute approximate surface area is 122 Å². The number of rotatable bonds is 3. The maximum atomic E-state index is 13.1. The SMILES string of the molecule is COc1ccc(N2CC(CBr)CC2=O)c(C(F)(F)F)c1. The van der Waals surface area contributed by atoms with Crippen LogP contribution in [0.2, 0.25) is 0 Å². The highest BCUT2D eigenvalue weighted by atomic mass is 79.9. The summed E-state index contributed by atoms with van der Waals surface area (Å²) in [5, 5.41) is 0.590. The minimum atomic E-state index is -4.53. The molecule has 0 aromatic heterocycles. The van der Waals surface area contributed by atoms with Crippen LogP contribution in [0.5, 0.6) is 5.75 Å². The van der Waals surface area contributed by atoms with Crippen molar-refractivity contribution in [1.82, 2.24) is 0 Å². The summed E-state index contributed by atoms with van der Waals surface area (Å²) >= 11 is 3.26. The Hall–Kier alpha value is -1.24. The number of ether oxygens (including phenoxy) is 1. The number of nitrogens with zero attached hydrogens (tertiary/aromatic N) is 1. The summed E-state index contributed by atoms with van der Waals surface area (Å²) in [4.78, 5) is 13.1. The molecule has 7 heteroatoms. The monoisotopic (exact) mass is 351 g/mol. The first-order valence-electron chi connectivity index (χ1n) is 5.98. The van der Waals surface area contributed by atoms with Crippen molar-refractivity contribution in [3.8, 4) is 5.75 Å². The van der Waals surface area contributed by atoms with Gasteiger partial charge in [-0.3, -0.25) is 4.79 Å². The first kappa shape index (κ1) is 15.2. The molecule has 1 aliphatic heterocycles. The Balaban J connectivity index is 2.43. The predicted molar refractivity (Wildman–Crippen MR) is 72.3 cm³/mol. The zero-order valence-electron chi connectivity index (χ0n) is 10.7. The second-order valence-electron chi connectivity index (χ2n) is 4.61. The number of hydrogen-bond acceptors (Lipinski definition) is 2. The number of carbonyl (C=O) groups excluding carboxylic acids is 1. The van der Waals surface area contributed by atoms with Crippen LogP contribution in [0.3, 0.4) is 0 Å². The molecule has 1 fully saturated rings. The van der Waals surface area contributed by atoms with Gasteiger partial charge in [-0.25, -0.2) is 0 Å². The van der Waals surface area contributed by atoms with Crippen LogP contribution in [0.25, 0.3) is 0 Å². The van der Waals surface area contributed by atoms with Crippen LogP contribution in [0.4, 0.5) is 18.9 Å². The lowest BCUT2D eigenvalue weighted by Crippen LogP contribution is -2.27. The molecule has 20 heavy (non-hydrogen) atoms. The zero-order chi connectivity index (χ0) is 14.9. The summed E-state index contributed by atoms with van der Waals surface area (Å²) < 4.78 is 44.2. The minimum absolute atomic E-state index is 0.0330. The molecule has 1 aromatic carbocycles. The first-order valence-corrected chi connectivity index (χ1v) is 7.10. The molecule has 1 aliphatic rings. The number of carbonyl (C=O) groups is 1. The lowest BCUT2D eigenvalue weighted by molar-refractivity contribution is -0.137. The van der Waals surface area contributed by atoms with Crippen molar-refractivity contribution >= 4 is 27.5 Å². The summed E-state index contributed by atoms with van der Waals surface area (Å²) in [7, 11) is 1.30. The van der Waals surface area contributed by atoms with Gasteiger partial charge in [0.05, 0.1) is 18.4 Å². The standard InChI is InChI=1S/C13H13BrF3NO2/c1-20-9-2-3-11(10(5-9)13(15,16)17)18-7-8(6-14)4-12(18)19/h2-3,5,8H,4,6-7H2,1H3. The highest BCUT2D eigenvalue weighted by Crippen LogP contribution is 2.40. The van der Waals surface area contributed by atoms with Gasteiger partial charge in [0.2, 0.25) is 5.91 Å². The van der Waals surface area contributed by atoms with E-state index < -0.39 is 11.7 Å². The van der Waals surface area contributed by atoms with Crippen molar-refractivity contribution in [2.75, 3.05) is 23.9 Å². The fourth-order valence-electron chi connectivity index (χ4n) is 2.22. The van der Waals surface area contributed by atoms with Crippen molar-refractivity contribution < 1.29 is 22.7 Å². The molecule has 1 atom stereocenters. The highest BCUT2D eigenvalue weighted by molar-refractivity contribution is 9.09. The lowest BCUT2D eigenvalue weighted by Gasteiger charge is -2.22. The van der Waals surface area contributed by atoms with E-state index in [0.717, 1.165) is 6.07 Å². The Morgan fingerprint density at radius 2 is 2.15 bits per heavy atom. The molecule has 110 valence electrons. The molecule has 0 spiro atoms. The Morgan fingerprint density at radius 1 is 1.45 bits per heavy atom. The van der Waals surface area contributed by atoms with Gasteiger partial charge in [0.1, 0.15) is 5.75 Å². The number of anilines is 1. The van der Waals surface area contributed by atoms with Gasteiger partial charge in [-0.2, -0.15) is 13.2 Å². The second-order valence-corrected chi connectivity index (χ2v) is 5.26. The van der Waals surface area contributed by atoms with Crippen LogP contribution >= 0.6 is 15.9 Å². The van der Waals surface area contributed by atoms with Gasteiger partial charge < -0.3 is 9.64 Å². The van der Waals surface area contributed by atoms with E-state index in [9.17, 15) is 18.0 Å². The number of hydrogen-bond donors (Lipinski definition) is 0. The molecule has 1 amide bonds. The van der Waals surface area contributed by atoms with E-state index in [2.05, 4.69) is 15.9 Å². The average Bonchev–Trinajstić information content (AvgIpc) is 2.78. The van der Waals surface area contributed by atoms with E-state index in [-0.39, 0.29) is 29.7 Å². The predicted octanol–water partition coefficient (Wildman–Crippen LogP) is 3.46. The quantitative estimate of drug-likeness (QED) is 0.780. The Morgan fingerprint density at radius 3 is 2.65 bits per heavy atom. The van der Waals surface area contributed by atoms with Crippen LogP contribution < -0.4 is 9.64 Å². The van der Waals surface area contributed by atoms with Crippen molar-refractivity contribution in [2.45, 2.75) is 12.6 Å². The lowest BCUT2D eigenvalue weighted by atomic mass is 10.1. The molecule has 0 N–H and O–H groups in total. The first-order chi connectivity index (χ1) is 9.36. The van der Waals surface area contributed by atoms with Crippen LogP contribution in [0, 0.1) is 5.92 Å². The van der Waals surface area contributed by atoms with E-state index in [4.69, 9.17) is 4.74 Å². The third-order valence-electron chi connectivity index (χ3n) is 3.22. The van der Waals surface area contributed by atoms with Gasteiger partial charge in [0.25, 0.3) is 0 Å². The highest BCUT2D eigenvalue weighted by Gasteiger charge is 2.39. The number of alkyl halides is 4. The summed E-state index contributed by atoms with van der Waals surface area (Å²) in [6, 6.07) is 3.64. The van der Waals surface area contributed by atoms with Gasteiger partial charge in [0, 0.05) is 18.3 Å². The Kier molecular flexibility index (Phi) is 4.27. The van der Waals surface area contributed by atoms with Crippen LogP contribution in [-0.4, -0.2) is 24.9 Å². The molecule has 1 saturated heterocycles.